The molecule has 0 aliphatic heterocycles. The van der Waals surface area contributed by atoms with Gasteiger partial charge in [0.2, 0.25) is 0 Å². The number of aromatic nitrogens is 1. The zero-order valence-corrected chi connectivity index (χ0v) is 13.8. The third-order valence-electron chi connectivity index (χ3n) is 2.64. The average Bonchev–Trinajstić information content (AvgIpc) is 2.97. The lowest BCUT2D eigenvalue weighted by atomic mass is 10.3. The number of nitrogens with one attached hydrogen (secondary N) is 1. The van der Waals surface area contributed by atoms with Crippen LogP contribution in [-0.4, -0.2) is 11.5 Å². The highest BCUT2D eigenvalue weighted by Crippen LogP contribution is 2.31. The van der Waals surface area contributed by atoms with Gasteiger partial charge in [0.15, 0.2) is 5.13 Å². The number of thiophene rings is 1. The van der Waals surface area contributed by atoms with Crippen LogP contribution in [-0.2, 0) is 6.42 Å². The molecule has 0 aliphatic carbocycles. The Bertz CT molecular complexity index is 708. The van der Waals surface area contributed by atoms with Crippen LogP contribution in [0.2, 0.25) is 5.02 Å². The molecule has 0 fully saturated rings. The van der Waals surface area contributed by atoms with Gasteiger partial charge in [0.05, 0.1) is 19.0 Å². The second kappa shape index (κ2) is 5.79. The molecule has 0 aliphatic rings. The first-order chi connectivity index (χ1) is 9.22. The Kier molecular flexibility index (Phi) is 4.07. The second-order valence-corrected chi connectivity index (χ2v) is 7.94. The average molecular weight is 374 g/mol. The molecular formula is C13H10BrClN2S2. The first-order valence-electron chi connectivity index (χ1n) is 5.75. The molecule has 1 N–H and O–H groups in total. The van der Waals surface area contributed by atoms with Crippen LogP contribution in [0.4, 0.5) is 5.13 Å². The predicted octanol–water partition coefficient (Wildman–Crippen LogP) is 5.43. The number of benzene rings is 1. The summed E-state index contributed by atoms with van der Waals surface area (Å²) in [5, 5.41) is 5.06. The number of hydrogen-bond donors (Lipinski definition) is 1. The Hall–Kier alpha value is -0.620. The Morgan fingerprint density at radius 3 is 2.84 bits per heavy atom. The molecule has 0 amide bonds. The van der Waals surface area contributed by atoms with Crippen molar-refractivity contribution in [2.75, 3.05) is 11.9 Å². The fourth-order valence-electron chi connectivity index (χ4n) is 1.77. The van der Waals surface area contributed by atoms with Crippen LogP contribution in [0.25, 0.3) is 10.2 Å². The standard InChI is InChI=1S/C13H10BrClN2S2/c14-11-5-4-8(18-11)6-7-16-13-17-10-3-1-2-9(15)12(10)19-13/h1-5H,6-7H2,(H,16,17). The number of hydrogen-bond acceptors (Lipinski definition) is 4. The molecule has 2 heterocycles. The molecule has 19 heavy (non-hydrogen) atoms. The first kappa shape index (κ1) is 13.4. The van der Waals surface area contributed by atoms with Crippen molar-refractivity contribution in [3.63, 3.8) is 0 Å². The van der Waals surface area contributed by atoms with E-state index in [0.29, 0.717) is 0 Å². The number of anilines is 1. The lowest BCUT2D eigenvalue weighted by molar-refractivity contribution is 1.04. The van der Waals surface area contributed by atoms with E-state index >= 15 is 0 Å². The molecule has 0 saturated carbocycles. The van der Waals surface area contributed by atoms with E-state index < -0.39 is 0 Å². The maximum atomic E-state index is 6.14. The van der Waals surface area contributed by atoms with Crippen molar-refractivity contribution in [1.82, 2.24) is 4.98 Å². The van der Waals surface area contributed by atoms with Crippen LogP contribution in [0.15, 0.2) is 34.1 Å². The number of thiazole rings is 1. The molecular weight excluding hydrogens is 364 g/mol. The Balaban J connectivity index is 1.67. The minimum Gasteiger partial charge on any atom is -0.361 e. The largest absolute Gasteiger partial charge is 0.361 e. The highest BCUT2D eigenvalue weighted by Gasteiger charge is 2.06. The van der Waals surface area contributed by atoms with Gasteiger partial charge in [0.1, 0.15) is 0 Å². The summed E-state index contributed by atoms with van der Waals surface area (Å²) >= 11 is 13.0. The summed E-state index contributed by atoms with van der Waals surface area (Å²) in [5.41, 5.74) is 0.957. The minimum atomic E-state index is 0.769. The summed E-state index contributed by atoms with van der Waals surface area (Å²) in [6.45, 7) is 0.879. The van der Waals surface area contributed by atoms with E-state index in [-0.39, 0.29) is 0 Å². The topological polar surface area (TPSA) is 24.9 Å². The lowest BCUT2D eigenvalue weighted by Gasteiger charge is -1.99. The van der Waals surface area contributed by atoms with Crippen molar-refractivity contribution < 1.29 is 0 Å². The van der Waals surface area contributed by atoms with Crippen molar-refractivity contribution in [2.24, 2.45) is 0 Å². The van der Waals surface area contributed by atoms with E-state index in [1.807, 2.05) is 18.2 Å². The summed E-state index contributed by atoms with van der Waals surface area (Å²) < 4.78 is 2.22. The van der Waals surface area contributed by atoms with Gasteiger partial charge in [-0.25, -0.2) is 4.98 Å². The summed E-state index contributed by atoms with van der Waals surface area (Å²) in [5.74, 6) is 0. The van der Waals surface area contributed by atoms with Gasteiger partial charge in [-0.05, 0) is 46.6 Å². The first-order valence-corrected chi connectivity index (χ1v) is 8.56. The smallest absolute Gasteiger partial charge is 0.183 e. The maximum Gasteiger partial charge on any atom is 0.183 e. The third-order valence-corrected chi connectivity index (χ3v) is 5.82. The summed E-state index contributed by atoms with van der Waals surface area (Å²) in [4.78, 5) is 5.89. The molecule has 0 atom stereocenters. The number of rotatable bonds is 4. The zero-order chi connectivity index (χ0) is 13.2. The van der Waals surface area contributed by atoms with E-state index in [2.05, 4.69) is 38.4 Å². The molecule has 6 heteroatoms. The van der Waals surface area contributed by atoms with Gasteiger partial charge >= 0.3 is 0 Å². The number of nitrogens with zero attached hydrogens (tertiary/aromatic N) is 1. The second-order valence-electron chi connectivity index (χ2n) is 3.99. The minimum absolute atomic E-state index is 0.769. The molecule has 0 spiro atoms. The van der Waals surface area contributed by atoms with Gasteiger partial charge in [0, 0.05) is 11.4 Å². The van der Waals surface area contributed by atoms with Gasteiger partial charge in [-0.15, -0.1) is 11.3 Å². The van der Waals surface area contributed by atoms with Gasteiger partial charge in [-0.3, -0.25) is 0 Å². The number of fused-ring (bicyclic) bond motifs is 1. The van der Waals surface area contributed by atoms with Crippen molar-refractivity contribution >= 4 is 65.6 Å². The highest BCUT2D eigenvalue weighted by atomic mass is 79.9. The van der Waals surface area contributed by atoms with Crippen LogP contribution in [0.5, 0.6) is 0 Å². The molecule has 98 valence electrons. The van der Waals surface area contributed by atoms with E-state index in [1.54, 1.807) is 22.7 Å². The van der Waals surface area contributed by atoms with E-state index in [4.69, 9.17) is 11.6 Å². The van der Waals surface area contributed by atoms with E-state index in [9.17, 15) is 0 Å². The van der Waals surface area contributed by atoms with Crippen LogP contribution in [0.1, 0.15) is 4.88 Å². The zero-order valence-electron chi connectivity index (χ0n) is 9.82. The fourth-order valence-corrected chi connectivity index (χ4v) is 4.43. The molecule has 2 nitrogen and oxygen atoms in total. The van der Waals surface area contributed by atoms with Gasteiger partial charge < -0.3 is 5.32 Å². The number of halogens is 2. The maximum absolute atomic E-state index is 6.14. The molecule has 3 aromatic rings. The summed E-state index contributed by atoms with van der Waals surface area (Å²) in [7, 11) is 0. The van der Waals surface area contributed by atoms with Crippen molar-refractivity contribution in [3.8, 4) is 0 Å². The Morgan fingerprint density at radius 1 is 1.21 bits per heavy atom. The summed E-state index contributed by atoms with van der Waals surface area (Å²) in [6.07, 6.45) is 1.000. The van der Waals surface area contributed by atoms with E-state index in [0.717, 1.165) is 33.3 Å². The predicted molar refractivity (Wildman–Crippen MR) is 88.8 cm³/mol. The SMILES string of the molecule is Clc1cccc2nc(NCCc3ccc(Br)s3)sc12. The van der Waals surface area contributed by atoms with Gasteiger partial charge in [-0.1, -0.05) is 29.0 Å². The summed E-state index contributed by atoms with van der Waals surface area (Å²) in [6, 6.07) is 10.0. The fraction of sp³-hybridized carbons (Fsp3) is 0.154. The molecule has 3 rings (SSSR count). The Labute approximate surface area is 132 Å². The molecule has 1 aromatic carbocycles. The van der Waals surface area contributed by atoms with Gasteiger partial charge in [0.25, 0.3) is 0 Å². The molecule has 0 unspecified atom stereocenters. The molecule has 0 bridgehead atoms. The van der Waals surface area contributed by atoms with Crippen molar-refractivity contribution in [3.05, 3.63) is 44.0 Å². The Morgan fingerprint density at radius 2 is 2.11 bits per heavy atom. The molecule has 0 radical (unpaired) electrons. The molecule has 0 saturated heterocycles. The molecule has 2 aromatic heterocycles. The highest BCUT2D eigenvalue weighted by molar-refractivity contribution is 9.11. The lowest BCUT2D eigenvalue weighted by Crippen LogP contribution is -2.03. The van der Waals surface area contributed by atoms with Crippen molar-refractivity contribution in [1.29, 1.82) is 0 Å². The third kappa shape index (κ3) is 3.11. The van der Waals surface area contributed by atoms with Crippen LogP contribution >= 0.6 is 50.2 Å². The normalized spacial score (nSPS) is 11.1. The van der Waals surface area contributed by atoms with Gasteiger partial charge in [-0.2, -0.15) is 0 Å². The quantitative estimate of drug-likeness (QED) is 0.659. The monoisotopic (exact) mass is 372 g/mol. The van der Waals surface area contributed by atoms with Crippen LogP contribution in [0, 0.1) is 0 Å². The van der Waals surface area contributed by atoms with E-state index in [1.165, 1.54) is 8.66 Å². The van der Waals surface area contributed by atoms with Crippen LogP contribution in [0.3, 0.4) is 0 Å². The van der Waals surface area contributed by atoms with Crippen molar-refractivity contribution in [2.45, 2.75) is 6.42 Å². The van der Waals surface area contributed by atoms with Crippen LogP contribution < -0.4 is 5.32 Å².